The number of benzene rings is 2. The van der Waals surface area contributed by atoms with E-state index < -0.39 is 16.6 Å². The van der Waals surface area contributed by atoms with Crippen molar-refractivity contribution in [1.82, 2.24) is 19.4 Å². The Labute approximate surface area is 203 Å². The molecule has 5 rings (SSSR count). The van der Waals surface area contributed by atoms with Crippen LogP contribution in [0.5, 0.6) is 0 Å². The van der Waals surface area contributed by atoms with E-state index in [9.17, 15) is 13.4 Å². The average molecular weight is 489 g/mol. The van der Waals surface area contributed by atoms with Gasteiger partial charge in [0.05, 0.1) is 32.8 Å². The quantitative estimate of drug-likeness (QED) is 0.472. The van der Waals surface area contributed by atoms with Gasteiger partial charge in [0.15, 0.2) is 0 Å². The van der Waals surface area contributed by atoms with Gasteiger partial charge in [0.2, 0.25) is 5.95 Å². The molecule has 1 aliphatic rings. The first kappa shape index (κ1) is 22.8. The van der Waals surface area contributed by atoms with Crippen molar-refractivity contribution in [2.75, 3.05) is 19.3 Å². The number of fused-ring (bicyclic) bond motifs is 1. The molecule has 2 aromatic carbocycles. The molecule has 35 heavy (non-hydrogen) atoms. The van der Waals surface area contributed by atoms with E-state index in [2.05, 4.69) is 9.97 Å². The lowest BCUT2D eigenvalue weighted by Gasteiger charge is -2.16. The summed E-state index contributed by atoms with van der Waals surface area (Å²) in [6.45, 7) is 1.12. The number of amides is 1. The molecular formula is C25H21FN6O2S. The predicted molar refractivity (Wildman–Crippen MR) is 130 cm³/mol. The number of hydrogen-bond acceptors (Lipinski definition) is 6. The van der Waals surface area contributed by atoms with Gasteiger partial charge in [0.25, 0.3) is 5.91 Å². The number of carbonyl (C=O) groups is 1. The molecule has 1 aliphatic heterocycles. The van der Waals surface area contributed by atoms with Gasteiger partial charge in [0.1, 0.15) is 5.82 Å². The van der Waals surface area contributed by atoms with Crippen molar-refractivity contribution in [3.05, 3.63) is 71.9 Å². The Balaban J connectivity index is 1.57. The van der Waals surface area contributed by atoms with Crippen LogP contribution in [0.1, 0.15) is 22.3 Å². The SMILES string of the molecule is CS(=O)c1cn(-c2ncc(-c3cc(C#N)ccc3F)cn2)c2cc(C(=O)N3CCC(N)C3)ccc12. The molecule has 0 bridgehead atoms. The highest BCUT2D eigenvalue weighted by Crippen LogP contribution is 2.29. The molecule has 0 saturated carbocycles. The van der Waals surface area contributed by atoms with Crippen LogP contribution in [0.25, 0.3) is 28.0 Å². The van der Waals surface area contributed by atoms with Gasteiger partial charge in [0, 0.05) is 66.1 Å². The fourth-order valence-corrected chi connectivity index (χ4v) is 5.01. The van der Waals surface area contributed by atoms with Crippen molar-refractivity contribution < 1.29 is 13.4 Å². The lowest BCUT2D eigenvalue weighted by atomic mass is 10.1. The molecule has 2 atom stereocenters. The number of nitriles is 1. The Morgan fingerprint density at radius 2 is 2.00 bits per heavy atom. The first-order valence-corrected chi connectivity index (χ1v) is 12.5. The summed E-state index contributed by atoms with van der Waals surface area (Å²) in [5.74, 6) is -0.323. The molecule has 2 aromatic heterocycles. The van der Waals surface area contributed by atoms with Gasteiger partial charge < -0.3 is 10.6 Å². The molecule has 0 spiro atoms. The number of halogens is 1. The van der Waals surface area contributed by atoms with Crippen molar-refractivity contribution in [2.24, 2.45) is 5.73 Å². The number of likely N-dealkylation sites (tertiary alicyclic amines) is 1. The normalized spacial score (nSPS) is 16.4. The molecule has 0 radical (unpaired) electrons. The summed E-state index contributed by atoms with van der Waals surface area (Å²) >= 11 is 0. The highest BCUT2D eigenvalue weighted by molar-refractivity contribution is 7.84. The molecule has 0 aliphatic carbocycles. The number of nitrogens with two attached hydrogens (primary N) is 1. The summed E-state index contributed by atoms with van der Waals surface area (Å²) in [4.78, 5) is 24.1. The van der Waals surface area contributed by atoms with Crippen LogP contribution in [-0.2, 0) is 10.8 Å². The van der Waals surface area contributed by atoms with Crippen molar-refractivity contribution in [1.29, 1.82) is 5.26 Å². The number of rotatable bonds is 4. The maximum atomic E-state index is 14.3. The van der Waals surface area contributed by atoms with Crippen molar-refractivity contribution in [2.45, 2.75) is 17.4 Å². The summed E-state index contributed by atoms with van der Waals surface area (Å²) < 4.78 is 28.4. The van der Waals surface area contributed by atoms with Crippen LogP contribution in [-0.4, -0.2) is 54.9 Å². The average Bonchev–Trinajstić information content (AvgIpc) is 3.47. The number of nitrogens with zero attached hydrogens (tertiary/aromatic N) is 5. The van der Waals surface area contributed by atoms with Crippen molar-refractivity contribution >= 4 is 27.6 Å². The highest BCUT2D eigenvalue weighted by Gasteiger charge is 2.25. The van der Waals surface area contributed by atoms with Gasteiger partial charge in [-0.2, -0.15) is 5.26 Å². The first-order valence-electron chi connectivity index (χ1n) is 10.9. The van der Waals surface area contributed by atoms with E-state index in [0.717, 1.165) is 11.8 Å². The Morgan fingerprint density at radius 3 is 2.66 bits per heavy atom. The smallest absolute Gasteiger partial charge is 0.253 e. The maximum absolute atomic E-state index is 14.3. The largest absolute Gasteiger partial charge is 0.337 e. The first-order chi connectivity index (χ1) is 16.9. The molecule has 8 nitrogen and oxygen atoms in total. The van der Waals surface area contributed by atoms with Crippen molar-refractivity contribution in [3.8, 4) is 23.1 Å². The van der Waals surface area contributed by atoms with Gasteiger partial charge in [-0.05, 0) is 36.8 Å². The second kappa shape index (κ2) is 9.02. The molecule has 4 aromatic rings. The van der Waals surface area contributed by atoms with E-state index in [1.807, 2.05) is 6.07 Å². The lowest BCUT2D eigenvalue weighted by Crippen LogP contribution is -2.31. The lowest BCUT2D eigenvalue weighted by molar-refractivity contribution is 0.0791. The van der Waals surface area contributed by atoms with Crippen LogP contribution >= 0.6 is 0 Å². The molecule has 2 unspecified atom stereocenters. The number of aromatic nitrogens is 3. The van der Waals surface area contributed by atoms with Crippen LogP contribution in [0.15, 0.2) is 59.9 Å². The maximum Gasteiger partial charge on any atom is 0.253 e. The number of hydrogen-bond donors (Lipinski definition) is 1. The Bertz CT molecular complexity index is 1530. The topological polar surface area (TPSA) is 118 Å². The third-order valence-electron chi connectivity index (χ3n) is 6.10. The minimum Gasteiger partial charge on any atom is -0.337 e. The molecule has 2 N–H and O–H groups in total. The zero-order chi connectivity index (χ0) is 24.7. The van der Waals surface area contributed by atoms with E-state index in [1.54, 1.807) is 40.1 Å². The minimum atomic E-state index is -1.29. The molecule has 1 fully saturated rings. The van der Waals surface area contributed by atoms with Gasteiger partial charge >= 0.3 is 0 Å². The summed E-state index contributed by atoms with van der Waals surface area (Å²) in [5, 5.41) is 9.84. The zero-order valence-electron chi connectivity index (χ0n) is 18.8. The molecule has 10 heteroatoms. The summed E-state index contributed by atoms with van der Waals surface area (Å²) in [5.41, 5.74) is 8.05. The van der Waals surface area contributed by atoms with Crippen molar-refractivity contribution in [3.63, 3.8) is 0 Å². The fourth-order valence-electron chi connectivity index (χ4n) is 4.28. The van der Waals surface area contributed by atoms with Crippen LogP contribution in [0.2, 0.25) is 0 Å². The second-order valence-electron chi connectivity index (χ2n) is 8.43. The highest BCUT2D eigenvalue weighted by atomic mass is 32.2. The minimum absolute atomic E-state index is 0.0220. The van der Waals surface area contributed by atoms with Gasteiger partial charge in [-0.3, -0.25) is 13.6 Å². The van der Waals surface area contributed by atoms with Gasteiger partial charge in [-0.25, -0.2) is 14.4 Å². The second-order valence-corrected chi connectivity index (χ2v) is 9.78. The van der Waals surface area contributed by atoms with Crippen LogP contribution in [0.4, 0.5) is 4.39 Å². The Hall–Kier alpha value is -3.94. The van der Waals surface area contributed by atoms with Crippen LogP contribution < -0.4 is 5.73 Å². The molecular weight excluding hydrogens is 467 g/mol. The number of carbonyl (C=O) groups excluding carboxylic acids is 1. The molecule has 1 amide bonds. The molecule has 1 saturated heterocycles. The van der Waals surface area contributed by atoms with E-state index >= 15 is 0 Å². The predicted octanol–water partition coefficient (Wildman–Crippen LogP) is 3.01. The summed E-state index contributed by atoms with van der Waals surface area (Å²) in [7, 11) is -1.29. The van der Waals surface area contributed by atoms with Crippen LogP contribution in [0, 0.1) is 17.1 Å². The Morgan fingerprint density at radius 1 is 1.23 bits per heavy atom. The van der Waals surface area contributed by atoms with Gasteiger partial charge in [-0.15, -0.1) is 0 Å². The van der Waals surface area contributed by atoms with E-state index in [-0.39, 0.29) is 23.5 Å². The molecule has 176 valence electrons. The van der Waals surface area contributed by atoms with E-state index in [1.165, 1.54) is 30.6 Å². The molecule has 3 heterocycles. The van der Waals surface area contributed by atoms with E-state index in [0.29, 0.717) is 40.2 Å². The third-order valence-corrected chi connectivity index (χ3v) is 7.04. The zero-order valence-corrected chi connectivity index (χ0v) is 19.6. The summed E-state index contributed by atoms with van der Waals surface area (Å²) in [6.07, 6.45) is 6.97. The van der Waals surface area contributed by atoms with E-state index in [4.69, 9.17) is 11.0 Å². The monoisotopic (exact) mass is 488 g/mol. The third kappa shape index (κ3) is 4.20. The Kier molecular flexibility index (Phi) is 5.88. The summed E-state index contributed by atoms with van der Waals surface area (Å²) in [6, 6.07) is 11.3. The fraction of sp³-hybridized carbons (Fsp3) is 0.200. The van der Waals surface area contributed by atoms with Crippen LogP contribution in [0.3, 0.4) is 0 Å². The standard InChI is InChI=1S/C25H21FN6O2S/c1-35(34)23-14-32(22-9-16(3-4-19(22)23)24(33)31-7-6-18(28)13-31)25-29-11-17(12-30-25)20-8-15(10-27)2-5-21(20)26/h2-5,8-9,11-12,14,18H,6-7,13,28H2,1H3. The van der Waals surface area contributed by atoms with Gasteiger partial charge in [-0.1, -0.05) is 6.07 Å².